The fourth-order valence-corrected chi connectivity index (χ4v) is 1.92. The summed E-state index contributed by atoms with van der Waals surface area (Å²) in [6.07, 6.45) is 4.37. The van der Waals surface area contributed by atoms with Crippen molar-refractivity contribution in [3.05, 3.63) is 12.2 Å². The Morgan fingerprint density at radius 3 is 1.39 bits per heavy atom. The summed E-state index contributed by atoms with van der Waals surface area (Å²) in [6.45, 7) is 3.22. The van der Waals surface area contributed by atoms with Crippen LogP contribution in [0.5, 0.6) is 0 Å². The maximum absolute atomic E-state index is 10.9. The van der Waals surface area contributed by atoms with Crippen molar-refractivity contribution >= 4 is 20.2 Å². The van der Waals surface area contributed by atoms with Gasteiger partial charge in [0.05, 0.1) is 24.7 Å². The molecule has 0 saturated carbocycles. The van der Waals surface area contributed by atoms with Gasteiger partial charge in [0.1, 0.15) is 0 Å². The van der Waals surface area contributed by atoms with Crippen LogP contribution >= 0.6 is 0 Å². The van der Waals surface area contributed by atoms with Gasteiger partial charge in [-0.05, 0) is 26.7 Å². The highest BCUT2D eigenvalue weighted by molar-refractivity contribution is 7.86. The third-order valence-electron chi connectivity index (χ3n) is 1.97. The van der Waals surface area contributed by atoms with Crippen LogP contribution in [-0.4, -0.2) is 41.6 Å². The Labute approximate surface area is 109 Å². The van der Waals surface area contributed by atoms with E-state index in [1.54, 1.807) is 12.2 Å². The van der Waals surface area contributed by atoms with Crippen LogP contribution in [-0.2, 0) is 28.6 Å². The highest BCUT2D eigenvalue weighted by Gasteiger charge is 2.06. The molecule has 0 aliphatic heterocycles. The van der Waals surface area contributed by atoms with Crippen molar-refractivity contribution in [2.24, 2.45) is 0 Å². The summed E-state index contributed by atoms with van der Waals surface area (Å²) < 4.78 is 53.1. The molecular weight excluding hydrogens is 280 g/mol. The molecule has 0 spiro atoms. The van der Waals surface area contributed by atoms with Gasteiger partial charge in [0.25, 0.3) is 20.2 Å². The number of rotatable bonds is 10. The Morgan fingerprint density at radius 1 is 0.778 bits per heavy atom. The molecule has 0 aliphatic rings. The summed E-state index contributed by atoms with van der Waals surface area (Å²) in [6, 6.07) is 0. The second kappa shape index (κ2) is 8.63. The quantitative estimate of drug-likeness (QED) is 0.340. The Balaban J connectivity index is 3.63. The second-order valence-corrected chi connectivity index (χ2v) is 7.24. The van der Waals surface area contributed by atoms with Crippen LogP contribution in [0.2, 0.25) is 0 Å². The third-order valence-corrected chi connectivity index (χ3v) is 4.43. The van der Waals surface area contributed by atoms with Gasteiger partial charge in [-0.3, -0.25) is 8.37 Å². The average Bonchev–Trinajstić information content (AvgIpc) is 2.32. The molecule has 0 aromatic carbocycles. The molecule has 8 heteroatoms. The van der Waals surface area contributed by atoms with Gasteiger partial charge in [-0.15, -0.1) is 0 Å². The van der Waals surface area contributed by atoms with Crippen LogP contribution in [0.4, 0.5) is 0 Å². The van der Waals surface area contributed by atoms with Crippen molar-refractivity contribution in [2.45, 2.75) is 26.7 Å². The van der Waals surface area contributed by atoms with Gasteiger partial charge in [0, 0.05) is 0 Å². The van der Waals surface area contributed by atoms with Gasteiger partial charge in [0.2, 0.25) is 0 Å². The molecule has 0 amide bonds. The summed E-state index contributed by atoms with van der Waals surface area (Å²) >= 11 is 0. The Kier molecular flexibility index (Phi) is 8.41. The smallest absolute Gasteiger partial charge is 0.267 e. The van der Waals surface area contributed by atoms with E-state index in [2.05, 4.69) is 8.37 Å². The van der Waals surface area contributed by atoms with E-state index >= 15 is 0 Å². The molecule has 0 bridgehead atoms. The predicted octanol–water partition coefficient (Wildman–Crippen LogP) is 1.06. The molecule has 0 rings (SSSR count). The second-order valence-electron chi connectivity index (χ2n) is 3.39. The zero-order chi connectivity index (χ0) is 14.1. The fraction of sp³-hybridized carbons (Fsp3) is 0.800. The number of hydrogen-bond donors (Lipinski definition) is 0. The van der Waals surface area contributed by atoms with Gasteiger partial charge in [-0.25, -0.2) is 0 Å². The van der Waals surface area contributed by atoms with E-state index in [4.69, 9.17) is 0 Å². The van der Waals surface area contributed by atoms with E-state index in [1.165, 1.54) is 13.8 Å². The van der Waals surface area contributed by atoms with Crippen LogP contribution in [0.25, 0.3) is 0 Å². The first-order chi connectivity index (χ1) is 8.33. The molecule has 0 unspecified atom stereocenters. The molecule has 0 fully saturated rings. The van der Waals surface area contributed by atoms with Gasteiger partial charge >= 0.3 is 0 Å². The van der Waals surface area contributed by atoms with Gasteiger partial charge in [-0.2, -0.15) is 16.8 Å². The van der Waals surface area contributed by atoms with Crippen molar-refractivity contribution in [1.82, 2.24) is 0 Å². The maximum Gasteiger partial charge on any atom is 0.267 e. The van der Waals surface area contributed by atoms with E-state index in [1.807, 2.05) is 0 Å². The lowest BCUT2D eigenvalue weighted by molar-refractivity contribution is 0.321. The van der Waals surface area contributed by atoms with Crippen molar-refractivity contribution in [1.29, 1.82) is 0 Å². The molecule has 18 heavy (non-hydrogen) atoms. The summed E-state index contributed by atoms with van der Waals surface area (Å²) in [5, 5.41) is 0. The highest BCUT2D eigenvalue weighted by atomic mass is 32.2. The van der Waals surface area contributed by atoms with Crippen molar-refractivity contribution in [3.63, 3.8) is 0 Å². The van der Waals surface area contributed by atoms with Crippen LogP contribution < -0.4 is 0 Å². The van der Waals surface area contributed by atoms with E-state index < -0.39 is 20.2 Å². The standard InChI is InChI=1S/C10H20O6S2/c1-3-17(11,12)15-9-7-5-6-8-10-16-18(13,14)4-2/h5-6H,3-4,7-10H2,1-2H3. The Bertz CT molecular complexity index is 393. The highest BCUT2D eigenvalue weighted by Crippen LogP contribution is 1.98. The van der Waals surface area contributed by atoms with Gasteiger partial charge in [-0.1, -0.05) is 12.2 Å². The first kappa shape index (κ1) is 17.6. The van der Waals surface area contributed by atoms with Gasteiger partial charge < -0.3 is 0 Å². The predicted molar refractivity (Wildman–Crippen MR) is 69.2 cm³/mol. The zero-order valence-electron chi connectivity index (χ0n) is 10.7. The van der Waals surface area contributed by atoms with E-state index in [0.29, 0.717) is 12.8 Å². The minimum absolute atomic E-state index is 0.0422. The fourth-order valence-electron chi connectivity index (χ4n) is 0.889. The Hall–Kier alpha value is -0.440. The SMILES string of the molecule is CCS(=O)(=O)OCCC=CCCOS(=O)(=O)CC. The third kappa shape index (κ3) is 9.58. The lowest BCUT2D eigenvalue weighted by atomic mass is 10.3. The molecule has 0 atom stereocenters. The van der Waals surface area contributed by atoms with Crippen molar-refractivity contribution in [2.75, 3.05) is 24.7 Å². The van der Waals surface area contributed by atoms with Crippen LogP contribution in [0.15, 0.2) is 12.2 Å². The average molecular weight is 300 g/mol. The first-order valence-corrected chi connectivity index (χ1v) is 8.87. The molecule has 0 N–H and O–H groups in total. The minimum atomic E-state index is -3.38. The molecule has 6 nitrogen and oxygen atoms in total. The lowest BCUT2D eigenvalue weighted by Crippen LogP contribution is -2.09. The summed E-state index contributed by atoms with van der Waals surface area (Å²) in [7, 11) is -6.76. The molecule has 0 aromatic heterocycles. The number of hydrogen-bond acceptors (Lipinski definition) is 6. The van der Waals surface area contributed by atoms with Crippen LogP contribution in [0.3, 0.4) is 0 Å². The maximum atomic E-state index is 10.9. The van der Waals surface area contributed by atoms with Crippen LogP contribution in [0, 0.1) is 0 Å². The van der Waals surface area contributed by atoms with Crippen molar-refractivity contribution < 1.29 is 25.2 Å². The van der Waals surface area contributed by atoms with E-state index in [-0.39, 0.29) is 24.7 Å². The largest absolute Gasteiger partial charge is 0.270 e. The van der Waals surface area contributed by atoms with E-state index in [9.17, 15) is 16.8 Å². The first-order valence-electron chi connectivity index (χ1n) is 5.72. The molecule has 0 saturated heterocycles. The topological polar surface area (TPSA) is 86.7 Å². The molecule has 0 heterocycles. The molecule has 0 aromatic rings. The van der Waals surface area contributed by atoms with Crippen molar-refractivity contribution in [3.8, 4) is 0 Å². The minimum Gasteiger partial charge on any atom is -0.270 e. The summed E-state index contributed by atoms with van der Waals surface area (Å²) in [5.74, 6) is -0.0845. The van der Waals surface area contributed by atoms with Gasteiger partial charge in [0.15, 0.2) is 0 Å². The van der Waals surface area contributed by atoms with Crippen LogP contribution in [0.1, 0.15) is 26.7 Å². The normalized spacial score (nSPS) is 13.2. The molecular formula is C10H20O6S2. The summed E-state index contributed by atoms with van der Waals surface area (Å²) in [4.78, 5) is 0. The lowest BCUT2D eigenvalue weighted by Gasteiger charge is -2.01. The van der Waals surface area contributed by atoms with E-state index in [0.717, 1.165) is 0 Å². The molecule has 0 radical (unpaired) electrons. The zero-order valence-corrected chi connectivity index (χ0v) is 12.3. The summed E-state index contributed by atoms with van der Waals surface area (Å²) in [5.41, 5.74) is 0. The Morgan fingerprint density at radius 2 is 1.11 bits per heavy atom. The molecule has 108 valence electrons. The monoisotopic (exact) mass is 300 g/mol. The molecule has 0 aliphatic carbocycles.